The van der Waals surface area contributed by atoms with Crippen molar-refractivity contribution in [3.8, 4) is 11.1 Å². The van der Waals surface area contributed by atoms with Gasteiger partial charge in [0, 0.05) is 34.8 Å². The van der Waals surface area contributed by atoms with Crippen LogP contribution < -0.4 is 5.32 Å². The van der Waals surface area contributed by atoms with E-state index in [1.54, 1.807) is 0 Å². The molecule has 0 amide bonds. The number of hydrogen-bond donors (Lipinski definition) is 1. The molecular formula is C34H26N2O. The summed E-state index contributed by atoms with van der Waals surface area (Å²) in [6.07, 6.45) is 3.20. The molecule has 0 spiro atoms. The van der Waals surface area contributed by atoms with Crippen LogP contribution in [0.2, 0.25) is 0 Å². The van der Waals surface area contributed by atoms with Crippen molar-refractivity contribution >= 4 is 27.9 Å². The number of carbonyl (C=O) groups excluding carboxylic acids is 1. The predicted molar refractivity (Wildman–Crippen MR) is 150 cm³/mol. The number of allylic oxidation sites excluding steroid dienone is 1. The van der Waals surface area contributed by atoms with Gasteiger partial charge in [0.25, 0.3) is 0 Å². The van der Waals surface area contributed by atoms with Crippen molar-refractivity contribution in [2.75, 3.05) is 5.32 Å². The lowest BCUT2D eigenvalue weighted by Gasteiger charge is -2.37. The van der Waals surface area contributed by atoms with Crippen LogP contribution in [0.4, 0.5) is 5.69 Å². The van der Waals surface area contributed by atoms with Crippen LogP contribution in [0.1, 0.15) is 41.5 Å². The Labute approximate surface area is 216 Å². The second kappa shape index (κ2) is 8.86. The lowest BCUT2D eigenvalue weighted by atomic mass is 9.71. The van der Waals surface area contributed by atoms with Gasteiger partial charge in [-0.3, -0.25) is 9.78 Å². The van der Waals surface area contributed by atoms with Gasteiger partial charge in [0.1, 0.15) is 0 Å². The van der Waals surface area contributed by atoms with E-state index in [4.69, 9.17) is 0 Å². The van der Waals surface area contributed by atoms with E-state index < -0.39 is 0 Å². The molecule has 1 aliphatic carbocycles. The van der Waals surface area contributed by atoms with E-state index in [1.165, 1.54) is 16.7 Å². The third-order valence-electron chi connectivity index (χ3n) is 7.81. The molecule has 3 nitrogen and oxygen atoms in total. The monoisotopic (exact) mass is 478 g/mol. The van der Waals surface area contributed by atoms with Gasteiger partial charge in [-0.2, -0.15) is 0 Å². The topological polar surface area (TPSA) is 42.0 Å². The number of anilines is 1. The minimum Gasteiger partial charge on any atom is -0.373 e. The highest BCUT2D eigenvalue weighted by atomic mass is 16.1. The zero-order chi connectivity index (χ0) is 24.8. The van der Waals surface area contributed by atoms with Crippen molar-refractivity contribution in [2.24, 2.45) is 0 Å². The lowest BCUT2D eigenvalue weighted by molar-refractivity contribution is -0.116. The molecule has 2 heterocycles. The molecule has 0 fully saturated rings. The quantitative estimate of drug-likeness (QED) is 0.286. The standard InChI is InChI=1S/C34H26N2O/c37-31-21-26(23-10-5-2-6-11-23)20-28-32-27-12-7-19-35-29(27)17-18-30(32)36-34(33(28)31)25-15-13-24(14-16-25)22-8-3-1-4-9-22/h1-19,26,34,36H,20-21H2/t26-,34+/m1/s1. The summed E-state index contributed by atoms with van der Waals surface area (Å²) in [7, 11) is 0. The molecule has 0 saturated carbocycles. The zero-order valence-electron chi connectivity index (χ0n) is 20.4. The highest BCUT2D eigenvalue weighted by molar-refractivity contribution is 6.12. The first-order valence-electron chi connectivity index (χ1n) is 12.9. The normalized spacial score (nSPS) is 18.8. The number of hydrogen-bond acceptors (Lipinski definition) is 3. The van der Waals surface area contributed by atoms with Gasteiger partial charge >= 0.3 is 0 Å². The summed E-state index contributed by atoms with van der Waals surface area (Å²) in [6.45, 7) is 0. The summed E-state index contributed by atoms with van der Waals surface area (Å²) in [6, 6.07) is 37.6. The first kappa shape index (κ1) is 21.8. The summed E-state index contributed by atoms with van der Waals surface area (Å²) >= 11 is 0. The Hall–Kier alpha value is -4.50. The van der Waals surface area contributed by atoms with Crippen LogP contribution in [0, 0.1) is 0 Å². The fraction of sp³-hybridized carbons (Fsp3) is 0.118. The van der Waals surface area contributed by atoms with E-state index in [0.29, 0.717) is 6.42 Å². The average Bonchev–Trinajstić information content (AvgIpc) is 2.97. The molecule has 0 unspecified atom stereocenters. The number of pyridine rings is 1. The number of carbonyl (C=O) groups is 1. The zero-order valence-corrected chi connectivity index (χ0v) is 20.4. The molecule has 37 heavy (non-hydrogen) atoms. The number of Topliss-reactive ketones (excluding diaryl/α,β-unsaturated/α-hetero) is 1. The number of benzene rings is 4. The number of nitrogens with one attached hydrogen (secondary N) is 1. The molecule has 5 aromatic rings. The second-order valence-corrected chi connectivity index (χ2v) is 9.95. The number of rotatable bonds is 3. The summed E-state index contributed by atoms with van der Waals surface area (Å²) < 4.78 is 0. The molecule has 2 aliphatic rings. The molecule has 3 heteroatoms. The van der Waals surface area contributed by atoms with Crippen molar-refractivity contribution in [1.82, 2.24) is 4.98 Å². The predicted octanol–water partition coefficient (Wildman–Crippen LogP) is 7.97. The molecule has 0 radical (unpaired) electrons. The molecule has 7 rings (SSSR count). The Kier molecular flexibility index (Phi) is 5.21. The van der Waals surface area contributed by atoms with Crippen LogP contribution in [-0.4, -0.2) is 10.8 Å². The van der Waals surface area contributed by atoms with E-state index in [9.17, 15) is 4.79 Å². The van der Waals surface area contributed by atoms with Crippen LogP contribution in [0.15, 0.2) is 121 Å². The SMILES string of the molecule is O=C1C[C@H](c2ccccc2)CC2=C1[C@H](c1ccc(-c3ccccc3)cc1)Nc1ccc3ncccc3c12. The third-order valence-corrected chi connectivity index (χ3v) is 7.81. The maximum Gasteiger partial charge on any atom is 0.162 e. The fourth-order valence-electron chi connectivity index (χ4n) is 6.04. The molecule has 0 saturated heterocycles. The second-order valence-electron chi connectivity index (χ2n) is 9.95. The van der Waals surface area contributed by atoms with Crippen molar-refractivity contribution < 1.29 is 4.79 Å². The smallest absolute Gasteiger partial charge is 0.162 e. The highest BCUT2D eigenvalue weighted by Crippen LogP contribution is 2.50. The van der Waals surface area contributed by atoms with Crippen LogP contribution in [-0.2, 0) is 4.79 Å². The van der Waals surface area contributed by atoms with Crippen LogP contribution in [0.5, 0.6) is 0 Å². The fourth-order valence-corrected chi connectivity index (χ4v) is 6.04. The van der Waals surface area contributed by atoms with Gasteiger partial charge in [0.2, 0.25) is 0 Å². The van der Waals surface area contributed by atoms with Crippen molar-refractivity contribution in [3.05, 3.63) is 138 Å². The van der Waals surface area contributed by atoms with E-state index in [-0.39, 0.29) is 17.7 Å². The van der Waals surface area contributed by atoms with Crippen LogP contribution in [0.3, 0.4) is 0 Å². The number of aromatic nitrogens is 1. The number of ketones is 1. The van der Waals surface area contributed by atoms with Gasteiger partial charge in [-0.15, -0.1) is 0 Å². The van der Waals surface area contributed by atoms with Crippen LogP contribution in [0.25, 0.3) is 27.6 Å². The first-order chi connectivity index (χ1) is 18.3. The van der Waals surface area contributed by atoms with Gasteiger partial charge in [-0.25, -0.2) is 0 Å². The molecule has 1 aliphatic heterocycles. The Morgan fingerprint density at radius 3 is 2.19 bits per heavy atom. The first-order valence-corrected chi connectivity index (χ1v) is 12.9. The Balaban J connectivity index is 1.38. The maximum absolute atomic E-state index is 13.9. The van der Waals surface area contributed by atoms with Crippen molar-refractivity contribution in [3.63, 3.8) is 0 Å². The van der Waals surface area contributed by atoms with Crippen molar-refractivity contribution in [1.29, 1.82) is 0 Å². The highest BCUT2D eigenvalue weighted by Gasteiger charge is 2.38. The van der Waals surface area contributed by atoms with Gasteiger partial charge in [-0.05, 0) is 58.4 Å². The summed E-state index contributed by atoms with van der Waals surface area (Å²) in [5.74, 6) is 0.401. The Morgan fingerprint density at radius 1 is 0.676 bits per heavy atom. The van der Waals surface area contributed by atoms with E-state index >= 15 is 0 Å². The largest absolute Gasteiger partial charge is 0.373 e. The molecule has 1 N–H and O–H groups in total. The molecular weight excluding hydrogens is 452 g/mol. The van der Waals surface area contributed by atoms with Crippen LogP contribution >= 0.6 is 0 Å². The third kappa shape index (κ3) is 3.75. The van der Waals surface area contributed by atoms with E-state index in [0.717, 1.165) is 45.3 Å². The van der Waals surface area contributed by atoms with Gasteiger partial charge in [0.05, 0.1) is 11.6 Å². The van der Waals surface area contributed by atoms with Gasteiger partial charge in [-0.1, -0.05) is 91.0 Å². The van der Waals surface area contributed by atoms with Crippen molar-refractivity contribution in [2.45, 2.75) is 24.8 Å². The molecule has 2 atom stereocenters. The number of nitrogens with zero attached hydrogens (tertiary/aromatic N) is 1. The molecule has 4 aromatic carbocycles. The van der Waals surface area contributed by atoms with Gasteiger partial charge in [0.15, 0.2) is 5.78 Å². The molecule has 1 aromatic heterocycles. The number of fused-ring (bicyclic) bond motifs is 4. The molecule has 0 bridgehead atoms. The van der Waals surface area contributed by atoms with E-state index in [2.05, 4.69) is 101 Å². The summed E-state index contributed by atoms with van der Waals surface area (Å²) in [5.41, 5.74) is 9.91. The summed E-state index contributed by atoms with van der Waals surface area (Å²) in [4.78, 5) is 18.5. The Morgan fingerprint density at radius 2 is 1.41 bits per heavy atom. The lowest BCUT2D eigenvalue weighted by Crippen LogP contribution is -2.29. The Bertz CT molecular complexity index is 1650. The molecule has 178 valence electrons. The van der Waals surface area contributed by atoms with E-state index in [1.807, 2.05) is 24.4 Å². The summed E-state index contributed by atoms with van der Waals surface area (Å²) in [5, 5.41) is 4.84. The minimum atomic E-state index is -0.175. The minimum absolute atomic E-state index is 0.173. The maximum atomic E-state index is 13.9. The average molecular weight is 479 g/mol. The van der Waals surface area contributed by atoms with Gasteiger partial charge < -0.3 is 5.32 Å².